The fourth-order valence-electron chi connectivity index (χ4n) is 1.18. The Balaban J connectivity index is 3.07. The Kier molecular flexibility index (Phi) is 4.89. The predicted octanol–water partition coefficient (Wildman–Crippen LogP) is 2.01. The van der Waals surface area contributed by atoms with Crippen molar-refractivity contribution in [1.82, 2.24) is 5.32 Å². The standard InChI is InChI=1S/C10H10Cl2N2O4/c1-5(15)4-13-10(16)7-2-6(14(17)18)3-8(11)9(7)12/h2-3,5,15H,4H2,1H3,(H,13,16)/t5-/m1/s1. The Hall–Kier alpha value is -1.37. The highest BCUT2D eigenvalue weighted by Gasteiger charge is 2.19. The van der Waals surface area contributed by atoms with E-state index in [0.717, 1.165) is 12.1 Å². The van der Waals surface area contributed by atoms with Gasteiger partial charge in [0.15, 0.2) is 0 Å². The van der Waals surface area contributed by atoms with Crippen molar-refractivity contribution < 1.29 is 14.8 Å². The molecule has 0 spiro atoms. The summed E-state index contributed by atoms with van der Waals surface area (Å²) in [5, 5.41) is 21.9. The lowest BCUT2D eigenvalue weighted by Crippen LogP contribution is -2.30. The number of nitro groups is 1. The van der Waals surface area contributed by atoms with Crippen LogP contribution in [0.25, 0.3) is 0 Å². The third-order valence-electron chi connectivity index (χ3n) is 2.03. The average molecular weight is 293 g/mol. The number of non-ortho nitro benzene ring substituents is 1. The quantitative estimate of drug-likeness (QED) is 0.656. The van der Waals surface area contributed by atoms with Crippen molar-refractivity contribution in [2.75, 3.05) is 6.54 Å². The molecule has 8 heteroatoms. The molecule has 6 nitrogen and oxygen atoms in total. The fraction of sp³-hybridized carbons (Fsp3) is 0.300. The van der Waals surface area contributed by atoms with Gasteiger partial charge in [0.25, 0.3) is 11.6 Å². The maximum absolute atomic E-state index is 11.7. The topological polar surface area (TPSA) is 92.5 Å². The largest absolute Gasteiger partial charge is 0.392 e. The van der Waals surface area contributed by atoms with Gasteiger partial charge in [-0.1, -0.05) is 23.2 Å². The van der Waals surface area contributed by atoms with E-state index in [4.69, 9.17) is 28.3 Å². The van der Waals surface area contributed by atoms with Gasteiger partial charge in [-0.25, -0.2) is 0 Å². The number of nitrogens with one attached hydrogen (secondary N) is 1. The normalized spacial score (nSPS) is 12.0. The SMILES string of the molecule is C[C@@H](O)CNC(=O)c1cc([N+](=O)[O-])cc(Cl)c1Cl. The van der Waals surface area contributed by atoms with Gasteiger partial charge in [-0.2, -0.15) is 0 Å². The lowest BCUT2D eigenvalue weighted by Gasteiger charge is -2.09. The van der Waals surface area contributed by atoms with E-state index in [1.54, 1.807) is 0 Å². The molecule has 1 atom stereocenters. The summed E-state index contributed by atoms with van der Waals surface area (Å²) in [5.41, 5.74) is -0.428. The van der Waals surface area contributed by atoms with Crippen LogP contribution in [0.2, 0.25) is 10.0 Å². The van der Waals surface area contributed by atoms with Gasteiger partial charge in [0.1, 0.15) is 0 Å². The van der Waals surface area contributed by atoms with Crippen molar-refractivity contribution in [3.05, 3.63) is 37.9 Å². The molecule has 1 amide bonds. The number of benzene rings is 1. The third-order valence-corrected chi connectivity index (χ3v) is 2.83. The van der Waals surface area contributed by atoms with Crippen LogP contribution in [-0.4, -0.2) is 28.6 Å². The molecule has 0 fully saturated rings. The van der Waals surface area contributed by atoms with E-state index in [1.807, 2.05) is 0 Å². The lowest BCUT2D eigenvalue weighted by molar-refractivity contribution is -0.384. The van der Waals surface area contributed by atoms with Crippen molar-refractivity contribution in [2.45, 2.75) is 13.0 Å². The molecule has 0 aliphatic heterocycles. The molecule has 0 unspecified atom stereocenters. The molecule has 0 heterocycles. The second-order valence-corrected chi connectivity index (χ2v) is 4.39. The number of carbonyl (C=O) groups excluding carboxylic acids is 1. The first kappa shape index (κ1) is 14.7. The first-order valence-electron chi connectivity index (χ1n) is 4.92. The molecular formula is C10H10Cl2N2O4. The molecule has 1 aromatic carbocycles. The maximum Gasteiger partial charge on any atom is 0.271 e. The zero-order valence-electron chi connectivity index (χ0n) is 9.31. The van der Waals surface area contributed by atoms with Crippen LogP contribution in [0.15, 0.2) is 12.1 Å². The molecule has 0 aromatic heterocycles. The molecule has 0 saturated heterocycles. The van der Waals surface area contributed by atoms with Crippen LogP contribution in [0.5, 0.6) is 0 Å². The second-order valence-electron chi connectivity index (χ2n) is 3.61. The molecule has 2 N–H and O–H groups in total. The molecule has 1 rings (SSSR count). The van der Waals surface area contributed by atoms with Crippen LogP contribution in [0.3, 0.4) is 0 Å². The molecule has 0 aliphatic carbocycles. The minimum atomic E-state index is -0.734. The van der Waals surface area contributed by atoms with Crippen LogP contribution >= 0.6 is 23.2 Å². The summed E-state index contributed by atoms with van der Waals surface area (Å²) in [7, 11) is 0. The summed E-state index contributed by atoms with van der Waals surface area (Å²) in [4.78, 5) is 21.7. The summed E-state index contributed by atoms with van der Waals surface area (Å²) >= 11 is 11.5. The number of aliphatic hydroxyl groups excluding tert-OH is 1. The number of hydrogen-bond acceptors (Lipinski definition) is 4. The lowest BCUT2D eigenvalue weighted by atomic mass is 10.2. The van der Waals surface area contributed by atoms with E-state index >= 15 is 0 Å². The van der Waals surface area contributed by atoms with E-state index in [9.17, 15) is 14.9 Å². The second kappa shape index (κ2) is 5.99. The summed E-state index contributed by atoms with van der Waals surface area (Å²) in [6.45, 7) is 1.50. The minimum absolute atomic E-state index is 0.00940. The molecule has 0 bridgehead atoms. The summed E-state index contributed by atoms with van der Waals surface area (Å²) in [5.74, 6) is -0.633. The van der Waals surface area contributed by atoms with Crippen LogP contribution < -0.4 is 5.32 Å². The Labute approximate surface area is 113 Å². The number of hydrogen-bond donors (Lipinski definition) is 2. The van der Waals surface area contributed by atoms with Gasteiger partial charge in [-0.15, -0.1) is 0 Å². The third kappa shape index (κ3) is 3.56. The zero-order valence-corrected chi connectivity index (χ0v) is 10.8. The summed E-state index contributed by atoms with van der Waals surface area (Å²) < 4.78 is 0. The van der Waals surface area contributed by atoms with E-state index in [-0.39, 0.29) is 27.8 Å². The van der Waals surface area contributed by atoms with Gasteiger partial charge < -0.3 is 10.4 Å². The van der Waals surface area contributed by atoms with Crippen LogP contribution in [0.1, 0.15) is 17.3 Å². The Bertz CT molecular complexity index is 491. The fourth-order valence-corrected chi connectivity index (χ4v) is 1.59. The number of aliphatic hydroxyl groups is 1. The Morgan fingerprint density at radius 2 is 2.17 bits per heavy atom. The average Bonchev–Trinajstić information content (AvgIpc) is 2.29. The number of nitrogens with zero attached hydrogens (tertiary/aromatic N) is 1. The van der Waals surface area contributed by atoms with E-state index < -0.39 is 16.9 Å². The van der Waals surface area contributed by atoms with Crippen molar-refractivity contribution in [1.29, 1.82) is 0 Å². The molecule has 0 aliphatic rings. The highest BCUT2D eigenvalue weighted by atomic mass is 35.5. The van der Waals surface area contributed by atoms with E-state index in [2.05, 4.69) is 5.32 Å². The van der Waals surface area contributed by atoms with Crippen LogP contribution in [-0.2, 0) is 0 Å². The van der Waals surface area contributed by atoms with Gasteiger partial charge in [0.2, 0.25) is 0 Å². The van der Waals surface area contributed by atoms with Crippen LogP contribution in [0, 0.1) is 10.1 Å². The molecule has 18 heavy (non-hydrogen) atoms. The molecule has 1 aromatic rings. The van der Waals surface area contributed by atoms with Crippen molar-refractivity contribution >= 4 is 34.8 Å². The van der Waals surface area contributed by atoms with Gasteiger partial charge in [0.05, 0.1) is 26.6 Å². The Morgan fingerprint density at radius 1 is 1.56 bits per heavy atom. The first-order valence-corrected chi connectivity index (χ1v) is 5.68. The number of halogens is 2. The van der Waals surface area contributed by atoms with E-state index in [0.29, 0.717) is 0 Å². The number of amides is 1. The van der Waals surface area contributed by atoms with Gasteiger partial charge in [0, 0.05) is 18.7 Å². The zero-order chi connectivity index (χ0) is 13.9. The van der Waals surface area contributed by atoms with Gasteiger partial charge >= 0.3 is 0 Å². The summed E-state index contributed by atoms with van der Waals surface area (Å²) in [6, 6.07) is 2.10. The van der Waals surface area contributed by atoms with Gasteiger partial charge in [-0.05, 0) is 6.92 Å². The Morgan fingerprint density at radius 3 is 2.67 bits per heavy atom. The number of carbonyl (C=O) groups is 1. The molecular weight excluding hydrogens is 283 g/mol. The minimum Gasteiger partial charge on any atom is -0.392 e. The van der Waals surface area contributed by atoms with Crippen molar-refractivity contribution in [3.63, 3.8) is 0 Å². The highest BCUT2D eigenvalue weighted by molar-refractivity contribution is 6.44. The molecule has 0 saturated carbocycles. The van der Waals surface area contributed by atoms with Crippen molar-refractivity contribution in [3.8, 4) is 0 Å². The number of nitro benzene ring substituents is 1. The maximum atomic E-state index is 11.7. The highest BCUT2D eigenvalue weighted by Crippen LogP contribution is 2.30. The predicted molar refractivity (Wildman–Crippen MR) is 67.1 cm³/mol. The smallest absolute Gasteiger partial charge is 0.271 e. The number of rotatable bonds is 4. The van der Waals surface area contributed by atoms with Crippen LogP contribution in [0.4, 0.5) is 5.69 Å². The van der Waals surface area contributed by atoms with E-state index in [1.165, 1.54) is 6.92 Å². The summed E-state index contributed by atoms with van der Waals surface area (Å²) in [6.07, 6.45) is -0.734. The van der Waals surface area contributed by atoms with Gasteiger partial charge in [-0.3, -0.25) is 14.9 Å². The van der Waals surface area contributed by atoms with Crippen molar-refractivity contribution in [2.24, 2.45) is 0 Å². The monoisotopic (exact) mass is 292 g/mol. The molecule has 0 radical (unpaired) electrons. The molecule has 98 valence electrons. The first-order chi connectivity index (χ1) is 8.32.